The summed E-state index contributed by atoms with van der Waals surface area (Å²) in [6.07, 6.45) is 5.67. The quantitative estimate of drug-likeness (QED) is 0.733. The highest BCUT2D eigenvalue weighted by Crippen LogP contribution is 2.27. The van der Waals surface area contributed by atoms with Crippen molar-refractivity contribution in [3.8, 4) is 0 Å². The largest absolute Gasteiger partial charge is 0.342 e. The lowest BCUT2D eigenvalue weighted by Gasteiger charge is -2.31. The van der Waals surface area contributed by atoms with Crippen LogP contribution in [-0.4, -0.2) is 33.9 Å². The second kappa shape index (κ2) is 6.61. The average molecular weight is 337 g/mol. The van der Waals surface area contributed by atoms with Gasteiger partial charge in [0.2, 0.25) is 5.91 Å². The van der Waals surface area contributed by atoms with E-state index in [0.717, 1.165) is 47.7 Å². The van der Waals surface area contributed by atoms with E-state index in [1.807, 2.05) is 52.8 Å². The molecule has 1 unspecified atom stereocenters. The number of hydrogen-bond donors (Lipinski definition) is 1. The molecule has 1 atom stereocenters. The Morgan fingerprint density at radius 2 is 2.21 bits per heavy atom. The molecule has 24 heavy (non-hydrogen) atoms. The van der Waals surface area contributed by atoms with Gasteiger partial charge < -0.3 is 9.88 Å². The molecule has 0 bridgehead atoms. The third-order valence-electron chi connectivity index (χ3n) is 4.46. The molecule has 0 spiro atoms. The van der Waals surface area contributed by atoms with Crippen molar-refractivity contribution in [2.75, 3.05) is 13.1 Å². The fourth-order valence-electron chi connectivity index (χ4n) is 3.21. The molecule has 3 aromatic rings. The smallest absolute Gasteiger partial charge is 0.246 e. The van der Waals surface area contributed by atoms with Gasteiger partial charge in [-0.3, -0.25) is 4.79 Å². The second-order valence-electron chi connectivity index (χ2n) is 6.11. The number of aromatic nitrogens is 2. The Kier molecular flexibility index (Phi) is 4.17. The number of thiophene rings is 1. The Bertz CT molecular complexity index is 833. The Hall–Kier alpha value is -2.40. The van der Waals surface area contributed by atoms with Crippen LogP contribution in [0.25, 0.3) is 17.1 Å². The van der Waals surface area contributed by atoms with Gasteiger partial charge in [-0.15, -0.1) is 11.3 Å². The summed E-state index contributed by atoms with van der Waals surface area (Å²) >= 11 is 1.64. The molecule has 1 saturated heterocycles. The number of benzene rings is 1. The molecule has 5 heteroatoms. The molecule has 1 fully saturated rings. The first kappa shape index (κ1) is 15.1. The number of carbonyl (C=O) groups excluding carboxylic acids is 1. The van der Waals surface area contributed by atoms with E-state index in [-0.39, 0.29) is 11.8 Å². The summed E-state index contributed by atoms with van der Waals surface area (Å²) in [6, 6.07) is 12.1. The van der Waals surface area contributed by atoms with Crippen LogP contribution in [0, 0.1) is 0 Å². The van der Waals surface area contributed by atoms with E-state index in [2.05, 4.69) is 4.98 Å². The molecule has 0 radical (unpaired) electrons. The Morgan fingerprint density at radius 3 is 3.04 bits per heavy atom. The maximum atomic E-state index is 12.5. The zero-order valence-electron chi connectivity index (χ0n) is 13.3. The molecule has 3 heterocycles. The zero-order chi connectivity index (χ0) is 16.4. The number of hydrogen-bond acceptors (Lipinski definition) is 3. The maximum absolute atomic E-state index is 12.5. The Balaban J connectivity index is 1.48. The standard InChI is InChI=1S/C19H19N3OS/c23-18(10-9-15-6-4-12-24-15)22-11-3-5-14(13-22)19-20-16-7-1-2-8-17(16)21-19/h1-2,4,6-10,12,14H,3,5,11,13H2,(H,20,21)/b10-9+. The van der Waals surface area contributed by atoms with Crippen LogP contribution in [0.2, 0.25) is 0 Å². The normalized spacial score (nSPS) is 18.5. The molecule has 1 aromatic carbocycles. The van der Waals surface area contributed by atoms with E-state index in [4.69, 9.17) is 4.98 Å². The highest BCUT2D eigenvalue weighted by atomic mass is 32.1. The maximum Gasteiger partial charge on any atom is 0.246 e. The van der Waals surface area contributed by atoms with Crippen LogP contribution in [0.4, 0.5) is 0 Å². The van der Waals surface area contributed by atoms with Crippen LogP contribution in [0.1, 0.15) is 29.5 Å². The predicted molar refractivity (Wildman–Crippen MR) is 98.0 cm³/mol. The van der Waals surface area contributed by atoms with Crippen LogP contribution in [-0.2, 0) is 4.79 Å². The number of nitrogens with zero attached hydrogens (tertiary/aromatic N) is 2. The number of piperidine rings is 1. The topological polar surface area (TPSA) is 49.0 Å². The van der Waals surface area contributed by atoms with Gasteiger partial charge in [0.15, 0.2) is 0 Å². The third-order valence-corrected chi connectivity index (χ3v) is 5.30. The number of aromatic amines is 1. The van der Waals surface area contributed by atoms with Crippen LogP contribution < -0.4 is 0 Å². The number of carbonyl (C=O) groups is 1. The Labute approximate surface area is 144 Å². The molecule has 1 N–H and O–H groups in total. The molecule has 122 valence electrons. The molecule has 4 rings (SSSR count). The first-order chi connectivity index (χ1) is 11.8. The molecule has 1 aliphatic rings. The SMILES string of the molecule is O=C(/C=C/c1cccs1)N1CCCC(c2nc3ccccc3[nH]2)C1. The molecule has 0 saturated carbocycles. The van der Waals surface area contributed by atoms with E-state index < -0.39 is 0 Å². The Morgan fingerprint density at radius 1 is 1.29 bits per heavy atom. The first-order valence-electron chi connectivity index (χ1n) is 8.25. The minimum Gasteiger partial charge on any atom is -0.342 e. The van der Waals surface area contributed by atoms with E-state index in [1.165, 1.54) is 0 Å². The summed E-state index contributed by atoms with van der Waals surface area (Å²) in [5.74, 6) is 1.37. The number of imidazole rings is 1. The molecule has 1 amide bonds. The van der Waals surface area contributed by atoms with Gasteiger partial charge in [0.05, 0.1) is 11.0 Å². The molecule has 1 aliphatic heterocycles. The molecular formula is C19H19N3OS. The number of rotatable bonds is 3. The highest BCUT2D eigenvalue weighted by Gasteiger charge is 2.25. The number of para-hydroxylation sites is 2. The fraction of sp³-hybridized carbons (Fsp3) is 0.263. The number of likely N-dealkylation sites (tertiary alicyclic amines) is 1. The van der Waals surface area contributed by atoms with Gasteiger partial charge in [-0.2, -0.15) is 0 Å². The number of fused-ring (bicyclic) bond motifs is 1. The number of H-pyrrole nitrogens is 1. The summed E-state index contributed by atoms with van der Waals surface area (Å²) in [5, 5.41) is 2.02. The lowest BCUT2D eigenvalue weighted by Crippen LogP contribution is -2.38. The fourth-order valence-corrected chi connectivity index (χ4v) is 3.83. The van der Waals surface area contributed by atoms with Gasteiger partial charge in [-0.1, -0.05) is 18.2 Å². The van der Waals surface area contributed by atoms with Gasteiger partial charge in [0.1, 0.15) is 5.82 Å². The lowest BCUT2D eigenvalue weighted by atomic mass is 9.97. The van der Waals surface area contributed by atoms with Crippen molar-refractivity contribution in [2.45, 2.75) is 18.8 Å². The van der Waals surface area contributed by atoms with Crippen molar-refractivity contribution in [1.82, 2.24) is 14.9 Å². The van der Waals surface area contributed by atoms with Crippen molar-refractivity contribution in [2.24, 2.45) is 0 Å². The second-order valence-corrected chi connectivity index (χ2v) is 7.09. The van der Waals surface area contributed by atoms with Crippen LogP contribution >= 0.6 is 11.3 Å². The predicted octanol–water partition coefficient (Wildman–Crippen LogP) is 4.04. The van der Waals surface area contributed by atoms with Gasteiger partial charge in [0.25, 0.3) is 0 Å². The van der Waals surface area contributed by atoms with Crippen LogP contribution in [0.5, 0.6) is 0 Å². The monoisotopic (exact) mass is 337 g/mol. The minimum absolute atomic E-state index is 0.0872. The number of nitrogens with one attached hydrogen (secondary N) is 1. The zero-order valence-corrected chi connectivity index (χ0v) is 14.1. The molecule has 2 aromatic heterocycles. The van der Waals surface area contributed by atoms with Crippen molar-refractivity contribution in [3.05, 3.63) is 58.6 Å². The van der Waals surface area contributed by atoms with Gasteiger partial charge >= 0.3 is 0 Å². The van der Waals surface area contributed by atoms with E-state index in [0.29, 0.717) is 0 Å². The van der Waals surface area contributed by atoms with Crippen molar-refractivity contribution >= 4 is 34.4 Å². The summed E-state index contributed by atoms with van der Waals surface area (Å²) in [6.45, 7) is 1.55. The van der Waals surface area contributed by atoms with Gasteiger partial charge in [-0.25, -0.2) is 4.98 Å². The highest BCUT2D eigenvalue weighted by molar-refractivity contribution is 7.10. The third kappa shape index (κ3) is 3.12. The summed E-state index contributed by atoms with van der Waals surface area (Å²) in [7, 11) is 0. The van der Waals surface area contributed by atoms with Gasteiger partial charge in [0, 0.05) is 30.0 Å². The lowest BCUT2D eigenvalue weighted by molar-refractivity contribution is -0.127. The average Bonchev–Trinajstić information content (AvgIpc) is 3.29. The van der Waals surface area contributed by atoms with E-state index in [1.54, 1.807) is 17.4 Å². The van der Waals surface area contributed by atoms with E-state index >= 15 is 0 Å². The van der Waals surface area contributed by atoms with Gasteiger partial charge in [-0.05, 0) is 42.5 Å². The molecule has 4 nitrogen and oxygen atoms in total. The minimum atomic E-state index is 0.0872. The van der Waals surface area contributed by atoms with Crippen LogP contribution in [0.3, 0.4) is 0 Å². The first-order valence-corrected chi connectivity index (χ1v) is 9.13. The summed E-state index contributed by atoms with van der Waals surface area (Å²) in [5.41, 5.74) is 2.06. The van der Waals surface area contributed by atoms with Crippen molar-refractivity contribution < 1.29 is 4.79 Å². The van der Waals surface area contributed by atoms with E-state index in [9.17, 15) is 4.79 Å². The van der Waals surface area contributed by atoms with Crippen molar-refractivity contribution in [1.29, 1.82) is 0 Å². The van der Waals surface area contributed by atoms with Crippen molar-refractivity contribution in [3.63, 3.8) is 0 Å². The van der Waals surface area contributed by atoms with Crippen LogP contribution in [0.15, 0.2) is 47.9 Å². The summed E-state index contributed by atoms with van der Waals surface area (Å²) in [4.78, 5) is 23.6. The number of amides is 1. The molecular weight excluding hydrogens is 318 g/mol. The summed E-state index contributed by atoms with van der Waals surface area (Å²) < 4.78 is 0. The molecule has 0 aliphatic carbocycles.